The fourth-order valence-corrected chi connectivity index (χ4v) is 2.92. The smallest absolute Gasteiger partial charge is 0.361 e. The molecular formula is C13H13BrF3NO. The van der Waals surface area contributed by atoms with Crippen LogP contribution in [-0.2, 0) is 11.0 Å². The summed E-state index contributed by atoms with van der Waals surface area (Å²) in [4.78, 5) is 12.9. The monoisotopic (exact) mass is 335 g/mol. The molecule has 1 heterocycles. The van der Waals surface area contributed by atoms with Crippen LogP contribution in [0.2, 0.25) is 0 Å². The van der Waals surface area contributed by atoms with Crippen LogP contribution >= 0.6 is 15.9 Å². The molecule has 1 aromatic carbocycles. The van der Waals surface area contributed by atoms with Crippen LogP contribution in [0, 0.1) is 0 Å². The second-order valence-electron chi connectivity index (χ2n) is 4.56. The van der Waals surface area contributed by atoms with Crippen LogP contribution in [0.4, 0.5) is 18.9 Å². The van der Waals surface area contributed by atoms with Crippen molar-refractivity contribution in [2.45, 2.75) is 31.5 Å². The Balaban J connectivity index is 2.32. The Bertz CT molecular complexity index is 475. The van der Waals surface area contributed by atoms with Gasteiger partial charge in [0.1, 0.15) is 6.29 Å². The van der Waals surface area contributed by atoms with Gasteiger partial charge in [-0.2, -0.15) is 13.2 Å². The van der Waals surface area contributed by atoms with E-state index in [1.54, 1.807) is 0 Å². The zero-order valence-electron chi connectivity index (χ0n) is 10.1. The molecule has 1 aliphatic heterocycles. The van der Waals surface area contributed by atoms with Gasteiger partial charge in [0.05, 0.1) is 17.3 Å². The standard InChI is InChI=1S/C13H13BrF3NO/c14-11-7-9(13(15,16)17)4-5-12(11)18-6-2-1-3-10(18)8-19/h4-5,7-8,10H,1-3,6H2. The van der Waals surface area contributed by atoms with Crippen molar-refractivity contribution in [2.75, 3.05) is 11.4 Å². The quantitative estimate of drug-likeness (QED) is 0.760. The lowest BCUT2D eigenvalue weighted by atomic mass is 10.0. The summed E-state index contributed by atoms with van der Waals surface area (Å²) in [6.45, 7) is 0.688. The molecule has 1 unspecified atom stereocenters. The zero-order chi connectivity index (χ0) is 14.0. The van der Waals surface area contributed by atoms with Gasteiger partial charge in [0.2, 0.25) is 0 Å². The molecule has 0 bridgehead atoms. The molecular weight excluding hydrogens is 323 g/mol. The van der Waals surface area contributed by atoms with Crippen molar-refractivity contribution in [3.63, 3.8) is 0 Å². The van der Waals surface area contributed by atoms with Gasteiger partial charge in [-0.05, 0) is 53.4 Å². The highest BCUT2D eigenvalue weighted by Gasteiger charge is 2.32. The highest BCUT2D eigenvalue weighted by atomic mass is 79.9. The maximum atomic E-state index is 12.6. The number of aldehydes is 1. The fraction of sp³-hybridized carbons (Fsp3) is 0.462. The Morgan fingerprint density at radius 1 is 1.32 bits per heavy atom. The van der Waals surface area contributed by atoms with Gasteiger partial charge in [0.25, 0.3) is 0 Å². The number of rotatable bonds is 2. The third-order valence-electron chi connectivity index (χ3n) is 3.29. The topological polar surface area (TPSA) is 20.3 Å². The Kier molecular flexibility index (Phi) is 4.18. The van der Waals surface area contributed by atoms with Crippen molar-refractivity contribution >= 4 is 27.9 Å². The molecule has 6 heteroatoms. The van der Waals surface area contributed by atoms with Crippen LogP contribution in [0.3, 0.4) is 0 Å². The third-order valence-corrected chi connectivity index (χ3v) is 3.93. The second kappa shape index (κ2) is 5.53. The van der Waals surface area contributed by atoms with E-state index in [9.17, 15) is 18.0 Å². The molecule has 0 saturated carbocycles. The van der Waals surface area contributed by atoms with Crippen LogP contribution in [0.1, 0.15) is 24.8 Å². The number of anilines is 1. The van der Waals surface area contributed by atoms with E-state index in [1.807, 2.05) is 4.90 Å². The van der Waals surface area contributed by atoms with Crippen LogP contribution in [-0.4, -0.2) is 18.9 Å². The highest BCUT2D eigenvalue weighted by molar-refractivity contribution is 9.10. The number of carbonyl (C=O) groups excluding carboxylic acids is 1. The molecule has 0 N–H and O–H groups in total. The maximum absolute atomic E-state index is 12.6. The van der Waals surface area contributed by atoms with Gasteiger partial charge < -0.3 is 9.69 Å². The molecule has 1 aromatic rings. The van der Waals surface area contributed by atoms with Crippen LogP contribution in [0.15, 0.2) is 22.7 Å². The van der Waals surface area contributed by atoms with E-state index in [4.69, 9.17) is 0 Å². The number of alkyl halides is 3. The summed E-state index contributed by atoms with van der Waals surface area (Å²) in [5.41, 5.74) is -0.0485. The number of hydrogen-bond acceptors (Lipinski definition) is 2. The fourth-order valence-electron chi connectivity index (χ4n) is 2.31. The van der Waals surface area contributed by atoms with E-state index in [1.165, 1.54) is 6.07 Å². The molecule has 0 aliphatic carbocycles. The Morgan fingerprint density at radius 2 is 2.05 bits per heavy atom. The number of halogens is 4. The first-order chi connectivity index (χ1) is 8.93. The van der Waals surface area contributed by atoms with E-state index in [0.29, 0.717) is 16.7 Å². The Labute approximate surface area is 117 Å². The summed E-state index contributed by atoms with van der Waals surface area (Å²) in [5, 5.41) is 0. The molecule has 2 rings (SSSR count). The average Bonchev–Trinajstić information content (AvgIpc) is 2.37. The third kappa shape index (κ3) is 3.11. The van der Waals surface area contributed by atoms with Gasteiger partial charge in [0, 0.05) is 11.0 Å². The summed E-state index contributed by atoms with van der Waals surface area (Å²) in [6.07, 6.45) is -0.830. The predicted octanol–water partition coefficient (Wildman–Crippen LogP) is 4.03. The lowest BCUT2D eigenvalue weighted by Crippen LogP contribution is -2.40. The Morgan fingerprint density at radius 3 is 2.63 bits per heavy atom. The van der Waals surface area contributed by atoms with Crippen LogP contribution in [0.5, 0.6) is 0 Å². The summed E-state index contributed by atoms with van der Waals surface area (Å²) in [7, 11) is 0. The maximum Gasteiger partial charge on any atom is 0.416 e. The molecule has 1 saturated heterocycles. The van der Waals surface area contributed by atoms with E-state index < -0.39 is 11.7 Å². The number of nitrogens with zero attached hydrogens (tertiary/aromatic N) is 1. The first-order valence-corrected chi connectivity index (χ1v) is 6.81. The van der Waals surface area contributed by atoms with Crippen molar-refractivity contribution in [3.8, 4) is 0 Å². The second-order valence-corrected chi connectivity index (χ2v) is 5.41. The van der Waals surface area contributed by atoms with Crippen molar-refractivity contribution < 1.29 is 18.0 Å². The largest absolute Gasteiger partial charge is 0.416 e. The van der Waals surface area contributed by atoms with Gasteiger partial charge in [-0.15, -0.1) is 0 Å². The van der Waals surface area contributed by atoms with E-state index in [0.717, 1.165) is 37.7 Å². The zero-order valence-corrected chi connectivity index (χ0v) is 11.7. The lowest BCUT2D eigenvalue weighted by molar-refractivity contribution is -0.137. The van der Waals surface area contributed by atoms with Gasteiger partial charge >= 0.3 is 6.18 Å². The molecule has 1 aliphatic rings. The first-order valence-electron chi connectivity index (χ1n) is 6.02. The predicted molar refractivity (Wildman–Crippen MR) is 70.2 cm³/mol. The summed E-state index contributed by atoms with van der Waals surface area (Å²) < 4.78 is 38.2. The van der Waals surface area contributed by atoms with Crippen LogP contribution < -0.4 is 4.90 Å². The molecule has 0 aromatic heterocycles. The molecule has 0 spiro atoms. The van der Waals surface area contributed by atoms with Crippen molar-refractivity contribution in [2.24, 2.45) is 0 Å². The first kappa shape index (κ1) is 14.4. The molecule has 19 heavy (non-hydrogen) atoms. The molecule has 104 valence electrons. The normalized spacial score (nSPS) is 20.4. The van der Waals surface area contributed by atoms with Gasteiger partial charge in [0.15, 0.2) is 0 Å². The number of hydrogen-bond donors (Lipinski definition) is 0. The minimum absolute atomic E-state index is 0.248. The van der Waals surface area contributed by atoms with Gasteiger partial charge in [-0.3, -0.25) is 0 Å². The number of piperidine rings is 1. The van der Waals surface area contributed by atoms with Crippen molar-refractivity contribution in [3.05, 3.63) is 28.2 Å². The summed E-state index contributed by atoms with van der Waals surface area (Å²) in [6, 6.07) is 3.29. The summed E-state index contributed by atoms with van der Waals surface area (Å²) >= 11 is 3.17. The lowest BCUT2D eigenvalue weighted by Gasteiger charge is -2.35. The van der Waals surface area contributed by atoms with Crippen LogP contribution in [0.25, 0.3) is 0 Å². The molecule has 0 radical (unpaired) electrons. The molecule has 0 amide bonds. The average molecular weight is 336 g/mol. The van der Waals surface area contributed by atoms with Gasteiger partial charge in [-0.25, -0.2) is 0 Å². The Hall–Kier alpha value is -1.04. The highest BCUT2D eigenvalue weighted by Crippen LogP contribution is 2.36. The van der Waals surface area contributed by atoms with E-state index in [-0.39, 0.29) is 6.04 Å². The number of benzene rings is 1. The number of carbonyl (C=O) groups is 1. The van der Waals surface area contributed by atoms with Crippen molar-refractivity contribution in [1.29, 1.82) is 0 Å². The van der Waals surface area contributed by atoms with Crippen molar-refractivity contribution in [1.82, 2.24) is 0 Å². The minimum Gasteiger partial charge on any atom is -0.361 e. The summed E-state index contributed by atoms with van der Waals surface area (Å²) in [5.74, 6) is 0. The molecule has 1 atom stereocenters. The minimum atomic E-state index is -4.35. The molecule has 1 fully saturated rings. The van der Waals surface area contributed by atoms with E-state index >= 15 is 0 Å². The SMILES string of the molecule is O=CC1CCCCN1c1ccc(C(F)(F)F)cc1Br. The molecule has 2 nitrogen and oxygen atoms in total. The van der Waals surface area contributed by atoms with Gasteiger partial charge in [-0.1, -0.05) is 0 Å². The van der Waals surface area contributed by atoms with E-state index in [2.05, 4.69) is 15.9 Å².